The molecule has 5 nitrogen and oxygen atoms in total. The number of benzene rings is 8. The standard InChI is InChI=1S/C40H25N3.C33H32NO.Ir/c1-3-11-28(12-4-1)37-27-31(22-24-42-37)34-17-10-19-39-40(34)35-26-30(20-21-38(35)43(39)33-15-5-2-6-16-33)29-13-9-14-32(25-29)36-18-7-8-23-41-36;1-21-18-24(23-14-16-33(3,4)17-15-23)12-13-25(21)29-19-30(34-20-22(29)2)28-10-7-9-27-26-8-5-6-11-31(26)35-32(27)28;/h1-11,13,15-27H;5-9,11-13,18-20,23H,14-17H2,1-4H3;/q-2;-1;+3. The topological polar surface area (TPSA) is 56.7 Å². The molecule has 5 aromatic heterocycles. The monoisotopic (exact) mass is 1200 g/mol. The first kappa shape index (κ1) is 51.2. The van der Waals surface area contributed by atoms with Crippen LogP contribution in [0.25, 0.3) is 117 Å². The molecule has 1 aliphatic rings. The minimum atomic E-state index is 0. The van der Waals surface area contributed by atoms with E-state index < -0.39 is 0 Å². The average molecular weight is 1200 g/mol. The van der Waals surface area contributed by atoms with Crippen LogP contribution in [0.3, 0.4) is 0 Å². The number of fused-ring (bicyclic) bond motifs is 6. The van der Waals surface area contributed by atoms with Gasteiger partial charge in [0.25, 0.3) is 0 Å². The zero-order chi connectivity index (χ0) is 52.7. The molecule has 0 amide bonds. The molecule has 79 heavy (non-hydrogen) atoms. The van der Waals surface area contributed by atoms with Crippen LogP contribution in [0.2, 0.25) is 0 Å². The molecular weight excluding hydrogens is 1140 g/mol. The van der Waals surface area contributed by atoms with Crippen LogP contribution in [0, 0.1) is 37.5 Å². The fourth-order valence-electron chi connectivity index (χ4n) is 11.8. The number of para-hydroxylation sites is 2. The Morgan fingerprint density at radius 2 is 1.29 bits per heavy atom. The van der Waals surface area contributed by atoms with Crippen molar-refractivity contribution in [1.29, 1.82) is 0 Å². The minimum absolute atomic E-state index is 0. The van der Waals surface area contributed by atoms with Crippen molar-refractivity contribution in [2.75, 3.05) is 0 Å². The van der Waals surface area contributed by atoms with E-state index >= 15 is 0 Å². The van der Waals surface area contributed by atoms with E-state index in [1.54, 1.807) is 0 Å². The summed E-state index contributed by atoms with van der Waals surface area (Å²) in [6.07, 6.45) is 10.9. The molecule has 0 N–H and O–H groups in total. The van der Waals surface area contributed by atoms with E-state index in [1.165, 1.54) is 69.8 Å². The first-order valence-corrected chi connectivity index (χ1v) is 27.1. The zero-order valence-corrected chi connectivity index (χ0v) is 47.1. The zero-order valence-electron chi connectivity index (χ0n) is 44.7. The second kappa shape index (κ2) is 21.7. The van der Waals surface area contributed by atoms with Gasteiger partial charge in [0.1, 0.15) is 5.58 Å². The molecule has 13 aromatic rings. The molecule has 5 heterocycles. The van der Waals surface area contributed by atoms with Gasteiger partial charge in [-0.2, -0.15) is 0 Å². The summed E-state index contributed by atoms with van der Waals surface area (Å²) in [7, 11) is 0. The Bertz CT molecular complexity index is 4320. The molecule has 384 valence electrons. The van der Waals surface area contributed by atoms with E-state index in [0.29, 0.717) is 11.3 Å². The van der Waals surface area contributed by atoms with Gasteiger partial charge in [0.2, 0.25) is 0 Å². The van der Waals surface area contributed by atoms with Gasteiger partial charge in [0.05, 0.1) is 16.6 Å². The summed E-state index contributed by atoms with van der Waals surface area (Å²) >= 11 is 0. The molecule has 8 aromatic carbocycles. The molecule has 0 unspecified atom stereocenters. The molecule has 1 aliphatic carbocycles. The second-order valence-corrected chi connectivity index (χ2v) is 21.6. The van der Waals surface area contributed by atoms with Gasteiger partial charge in [-0.05, 0) is 161 Å². The van der Waals surface area contributed by atoms with Gasteiger partial charge in [-0.25, -0.2) is 0 Å². The van der Waals surface area contributed by atoms with Crippen LogP contribution in [0.5, 0.6) is 0 Å². The van der Waals surface area contributed by atoms with Gasteiger partial charge < -0.3 is 23.9 Å². The summed E-state index contributed by atoms with van der Waals surface area (Å²) in [5.74, 6) is 0.685. The van der Waals surface area contributed by atoms with Crippen molar-refractivity contribution in [2.45, 2.75) is 59.3 Å². The molecular formula is C73H57IrN4O. The minimum Gasteiger partial charge on any atom is -0.501 e. The van der Waals surface area contributed by atoms with Gasteiger partial charge >= 0.3 is 20.1 Å². The van der Waals surface area contributed by atoms with Crippen LogP contribution in [-0.2, 0) is 20.1 Å². The average Bonchev–Trinajstić information content (AvgIpc) is 4.21. The number of aryl methyl sites for hydroxylation is 2. The normalized spacial score (nSPS) is 13.3. The van der Waals surface area contributed by atoms with E-state index in [2.05, 4.69) is 200 Å². The summed E-state index contributed by atoms with van der Waals surface area (Å²) in [5, 5.41) is 4.64. The Balaban J connectivity index is 0.000000159. The number of rotatable bonds is 8. The van der Waals surface area contributed by atoms with Crippen LogP contribution in [0.15, 0.2) is 223 Å². The molecule has 0 aliphatic heterocycles. The number of nitrogens with zero attached hydrogens (tertiary/aromatic N) is 4. The first-order valence-electron chi connectivity index (χ1n) is 27.1. The molecule has 6 heteroatoms. The van der Waals surface area contributed by atoms with E-state index in [1.807, 2.05) is 79.3 Å². The summed E-state index contributed by atoms with van der Waals surface area (Å²) < 4.78 is 8.63. The second-order valence-electron chi connectivity index (χ2n) is 21.6. The van der Waals surface area contributed by atoms with Gasteiger partial charge in [0.15, 0.2) is 0 Å². The molecule has 1 saturated carbocycles. The molecule has 0 atom stereocenters. The van der Waals surface area contributed by atoms with E-state index in [0.717, 1.165) is 89.1 Å². The van der Waals surface area contributed by atoms with Crippen LogP contribution >= 0.6 is 0 Å². The van der Waals surface area contributed by atoms with Gasteiger partial charge in [-0.15, -0.1) is 89.5 Å². The Kier molecular flexibility index (Phi) is 14.1. The van der Waals surface area contributed by atoms with Crippen LogP contribution < -0.4 is 0 Å². The quantitative estimate of drug-likeness (QED) is 0.142. The number of hydrogen-bond donors (Lipinski definition) is 0. The fraction of sp³-hybridized carbons (Fsp3) is 0.137. The summed E-state index contributed by atoms with van der Waals surface area (Å²) in [4.78, 5) is 14.0. The van der Waals surface area contributed by atoms with Gasteiger partial charge in [0, 0.05) is 40.4 Å². The maximum Gasteiger partial charge on any atom is 3.00 e. The molecule has 0 bridgehead atoms. The fourth-order valence-corrected chi connectivity index (χ4v) is 11.8. The third kappa shape index (κ3) is 10.0. The van der Waals surface area contributed by atoms with Crippen molar-refractivity contribution in [3.8, 4) is 72.8 Å². The molecule has 1 fully saturated rings. The van der Waals surface area contributed by atoms with Gasteiger partial charge in [-0.1, -0.05) is 122 Å². The van der Waals surface area contributed by atoms with Crippen molar-refractivity contribution in [3.05, 3.63) is 254 Å². The summed E-state index contributed by atoms with van der Waals surface area (Å²) in [6, 6.07) is 80.1. The molecule has 0 saturated heterocycles. The Morgan fingerprint density at radius 1 is 0.506 bits per heavy atom. The van der Waals surface area contributed by atoms with Crippen molar-refractivity contribution in [2.24, 2.45) is 5.41 Å². The van der Waals surface area contributed by atoms with Crippen molar-refractivity contribution in [1.82, 2.24) is 19.5 Å². The third-order valence-corrected chi connectivity index (χ3v) is 16.0. The summed E-state index contributed by atoms with van der Waals surface area (Å²) in [5.41, 5.74) is 22.4. The number of pyridine rings is 3. The van der Waals surface area contributed by atoms with E-state index in [9.17, 15) is 0 Å². The van der Waals surface area contributed by atoms with Crippen LogP contribution in [0.1, 0.15) is 62.1 Å². The number of hydrogen-bond acceptors (Lipinski definition) is 4. The molecule has 14 rings (SSSR count). The Labute approximate surface area is 476 Å². The summed E-state index contributed by atoms with van der Waals surface area (Å²) in [6.45, 7) is 9.21. The largest absolute Gasteiger partial charge is 3.00 e. The first-order chi connectivity index (χ1) is 38.2. The predicted octanol–water partition coefficient (Wildman–Crippen LogP) is 19.3. The van der Waals surface area contributed by atoms with E-state index in [4.69, 9.17) is 9.40 Å². The molecule has 0 radical (unpaired) electrons. The maximum atomic E-state index is 6.26. The SMILES string of the molecule is Cc1cc(C2CCC(C)(C)CC2)ccc1-c1cc(-c2[c-]ccc3c2oc2ccccc23)ncc1C.[Ir+3].[c-]1ccccc1-c1cc(-c2cccc3c2c2cc(-c4cc[c-]c(-c5ccccn5)c4)ccc2n3-c2ccccc2)ccn1. The third-order valence-electron chi connectivity index (χ3n) is 16.0. The van der Waals surface area contributed by atoms with Crippen molar-refractivity contribution < 1.29 is 24.5 Å². The van der Waals surface area contributed by atoms with Crippen molar-refractivity contribution >= 4 is 43.7 Å². The number of aromatic nitrogens is 4. The van der Waals surface area contributed by atoms with Crippen molar-refractivity contribution in [3.63, 3.8) is 0 Å². The van der Waals surface area contributed by atoms with Gasteiger partial charge in [-0.3, -0.25) is 0 Å². The molecule has 0 spiro atoms. The Hall–Kier alpha value is -8.54. The Morgan fingerprint density at radius 3 is 2.11 bits per heavy atom. The van der Waals surface area contributed by atoms with Crippen LogP contribution in [-0.4, -0.2) is 19.5 Å². The smallest absolute Gasteiger partial charge is 0.501 e. The maximum absolute atomic E-state index is 6.26. The number of furan rings is 1. The predicted molar refractivity (Wildman–Crippen MR) is 321 cm³/mol. The van der Waals surface area contributed by atoms with Crippen LogP contribution in [0.4, 0.5) is 0 Å². The van der Waals surface area contributed by atoms with E-state index in [-0.39, 0.29) is 20.1 Å².